The van der Waals surface area contributed by atoms with Crippen molar-refractivity contribution in [3.63, 3.8) is 0 Å². The summed E-state index contributed by atoms with van der Waals surface area (Å²) in [4.78, 5) is 15.8. The summed E-state index contributed by atoms with van der Waals surface area (Å²) in [6, 6.07) is 28.5. The summed E-state index contributed by atoms with van der Waals surface area (Å²) in [5, 5.41) is 3.01. The first-order chi connectivity index (χ1) is 13.7. The van der Waals surface area contributed by atoms with Crippen molar-refractivity contribution in [1.82, 2.24) is 5.32 Å². The van der Waals surface area contributed by atoms with E-state index in [9.17, 15) is 4.79 Å². The quantitative estimate of drug-likeness (QED) is 0.401. The minimum Gasteiger partial charge on any atom is -0.375 e. The van der Waals surface area contributed by atoms with Gasteiger partial charge < -0.3 is 10.2 Å². The van der Waals surface area contributed by atoms with E-state index in [4.69, 9.17) is 0 Å². The maximum absolute atomic E-state index is 12.3. The standard InChI is InChI=1S/C24H26N2OS/c1-26(22-9-4-2-5-10-22)18-8-17-25-24(27)21-15-13-20(14-16-21)19-28-23-11-6-3-7-12-23/h2-7,9-16H,8,17-19H2,1H3,(H,25,27). The zero-order valence-electron chi connectivity index (χ0n) is 16.2. The van der Waals surface area contributed by atoms with Gasteiger partial charge >= 0.3 is 0 Å². The molecule has 0 heterocycles. The van der Waals surface area contributed by atoms with Crippen molar-refractivity contribution in [2.75, 3.05) is 25.0 Å². The molecule has 144 valence electrons. The highest BCUT2D eigenvalue weighted by Gasteiger charge is 2.06. The van der Waals surface area contributed by atoms with Gasteiger partial charge in [-0.2, -0.15) is 0 Å². The molecule has 0 aliphatic rings. The number of thioether (sulfide) groups is 1. The summed E-state index contributed by atoms with van der Waals surface area (Å²) in [5.74, 6) is 0.891. The fraction of sp³-hybridized carbons (Fsp3) is 0.208. The Balaban J connectivity index is 1.39. The number of nitrogens with one attached hydrogen (secondary N) is 1. The third kappa shape index (κ3) is 6.17. The lowest BCUT2D eigenvalue weighted by atomic mass is 10.1. The van der Waals surface area contributed by atoms with Gasteiger partial charge in [-0.05, 0) is 48.4 Å². The maximum atomic E-state index is 12.3. The van der Waals surface area contributed by atoms with Crippen LogP contribution in [0.25, 0.3) is 0 Å². The molecule has 28 heavy (non-hydrogen) atoms. The van der Waals surface area contributed by atoms with Crippen LogP contribution in [0.15, 0.2) is 89.8 Å². The van der Waals surface area contributed by atoms with Crippen LogP contribution in [0.2, 0.25) is 0 Å². The molecule has 1 N–H and O–H groups in total. The number of carbonyl (C=O) groups is 1. The molecule has 0 bridgehead atoms. The van der Waals surface area contributed by atoms with Crippen molar-refractivity contribution in [3.05, 3.63) is 96.1 Å². The van der Waals surface area contributed by atoms with Crippen LogP contribution in [0.3, 0.4) is 0 Å². The van der Waals surface area contributed by atoms with E-state index < -0.39 is 0 Å². The third-order valence-electron chi connectivity index (χ3n) is 4.52. The molecule has 3 nitrogen and oxygen atoms in total. The van der Waals surface area contributed by atoms with Crippen LogP contribution in [0, 0.1) is 0 Å². The van der Waals surface area contributed by atoms with Gasteiger partial charge in [0.05, 0.1) is 0 Å². The molecule has 0 aliphatic heterocycles. The fourth-order valence-electron chi connectivity index (χ4n) is 2.87. The number of anilines is 1. The molecule has 1 amide bonds. The van der Waals surface area contributed by atoms with Crippen LogP contribution in [0.5, 0.6) is 0 Å². The van der Waals surface area contributed by atoms with Crippen molar-refractivity contribution < 1.29 is 4.79 Å². The maximum Gasteiger partial charge on any atom is 0.251 e. The van der Waals surface area contributed by atoms with E-state index in [0.717, 1.165) is 18.7 Å². The lowest BCUT2D eigenvalue weighted by Crippen LogP contribution is -2.28. The minimum atomic E-state index is -0.00960. The van der Waals surface area contributed by atoms with Crippen LogP contribution in [0.1, 0.15) is 22.3 Å². The summed E-state index contributed by atoms with van der Waals surface area (Å²) in [6.07, 6.45) is 0.906. The lowest BCUT2D eigenvalue weighted by Gasteiger charge is -2.19. The van der Waals surface area contributed by atoms with Gasteiger partial charge in [0.25, 0.3) is 5.91 Å². The molecule has 3 rings (SSSR count). The Bertz CT molecular complexity index is 851. The molecule has 0 saturated carbocycles. The number of para-hydroxylation sites is 1. The van der Waals surface area contributed by atoms with Crippen molar-refractivity contribution in [2.24, 2.45) is 0 Å². The molecule has 3 aromatic carbocycles. The van der Waals surface area contributed by atoms with Gasteiger partial charge in [0.1, 0.15) is 0 Å². The average molecular weight is 391 g/mol. The highest BCUT2D eigenvalue weighted by molar-refractivity contribution is 7.98. The highest BCUT2D eigenvalue weighted by atomic mass is 32.2. The monoisotopic (exact) mass is 390 g/mol. The summed E-state index contributed by atoms with van der Waals surface area (Å²) in [5.41, 5.74) is 3.12. The normalized spacial score (nSPS) is 10.5. The molecular weight excluding hydrogens is 364 g/mol. The van der Waals surface area contributed by atoms with E-state index in [0.29, 0.717) is 12.1 Å². The van der Waals surface area contributed by atoms with Crippen molar-refractivity contribution in [1.29, 1.82) is 0 Å². The minimum absolute atomic E-state index is 0.00960. The average Bonchev–Trinajstić information content (AvgIpc) is 2.76. The van der Waals surface area contributed by atoms with Gasteiger partial charge in [-0.15, -0.1) is 11.8 Å². The molecule has 0 aromatic heterocycles. The predicted octanol–water partition coefficient (Wildman–Crippen LogP) is 5.24. The van der Waals surface area contributed by atoms with Crippen LogP contribution < -0.4 is 10.2 Å². The number of benzene rings is 3. The van der Waals surface area contributed by atoms with Crippen molar-refractivity contribution in [2.45, 2.75) is 17.1 Å². The summed E-state index contributed by atoms with van der Waals surface area (Å²) in [6.45, 7) is 1.57. The first-order valence-electron chi connectivity index (χ1n) is 9.53. The second-order valence-electron chi connectivity index (χ2n) is 6.67. The Morgan fingerprint density at radius 1 is 0.893 bits per heavy atom. The van der Waals surface area contributed by atoms with Crippen LogP contribution >= 0.6 is 11.8 Å². The second kappa shape index (κ2) is 10.6. The molecule has 0 saturated heterocycles. The Morgan fingerprint density at radius 3 is 2.21 bits per heavy atom. The molecule has 0 aliphatic carbocycles. The van der Waals surface area contributed by atoms with Gasteiger partial charge in [-0.25, -0.2) is 0 Å². The smallest absolute Gasteiger partial charge is 0.251 e. The van der Waals surface area contributed by atoms with Crippen molar-refractivity contribution in [3.8, 4) is 0 Å². The van der Waals surface area contributed by atoms with Gasteiger partial charge in [0, 0.05) is 42.0 Å². The van der Waals surface area contributed by atoms with E-state index in [1.54, 1.807) is 11.8 Å². The van der Waals surface area contributed by atoms with Crippen LogP contribution in [-0.2, 0) is 5.75 Å². The number of carbonyl (C=O) groups excluding carboxylic acids is 1. The predicted molar refractivity (Wildman–Crippen MR) is 119 cm³/mol. The zero-order valence-corrected chi connectivity index (χ0v) is 17.0. The molecule has 0 atom stereocenters. The largest absolute Gasteiger partial charge is 0.375 e. The molecule has 4 heteroatoms. The molecule has 3 aromatic rings. The van der Waals surface area contributed by atoms with Gasteiger partial charge in [-0.1, -0.05) is 48.5 Å². The molecular formula is C24H26N2OS. The summed E-state index contributed by atoms with van der Waals surface area (Å²) >= 11 is 1.80. The molecule has 0 spiro atoms. The molecule has 0 radical (unpaired) electrons. The van der Waals surface area contributed by atoms with Gasteiger partial charge in [-0.3, -0.25) is 4.79 Å². The Labute approximate surface area is 171 Å². The fourth-order valence-corrected chi connectivity index (χ4v) is 3.74. The molecule has 0 unspecified atom stereocenters. The Kier molecular flexibility index (Phi) is 7.56. The van der Waals surface area contributed by atoms with E-state index in [-0.39, 0.29) is 5.91 Å². The number of hydrogen-bond donors (Lipinski definition) is 1. The number of amides is 1. The third-order valence-corrected chi connectivity index (χ3v) is 5.60. The van der Waals surface area contributed by atoms with Gasteiger partial charge in [0.2, 0.25) is 0 Å². The first kappa shape index (κ1) is 20.0. The van der Waals surface area contributed by atoms with Crippen LogP contribution in [0.4, 0.5) is 5.69 Å². The van der Waals surface area contributed by atoms with E-state index in [1.165, 1.54) is 16.1 Å². The summed E-state index contributed by atoms with van der Waals surface area (Å²) < 4.78 is 0. The van der Waals surface area contributed by atoms with Crippen LogP contribution in [-0.4, -0.2) is 26.0 Å². The van der Waals surface area contributed by atoms with Gasteiger partial charge in [0.15, 0.2) is 0 Å². The van der Waals surface area contributed by atoms with E-state index >= 15 is 0 Å². The van der Waals surface area contributed by atoms with Crippen molar-refractivity contribution >= 4 is 23.4 Å². The highest BCUT2D eigenvalue weighted by Crippen LogP contribution is 2.22. The summed E-state index contributed by atoms with van der Waals surface area (Å²) in [7, 11) is 2.07. The number of nitrogens with zero attached hydrogens (tertiary/aromatic N) is 1. The Hall–Kier alpha value is -2.72. The SMILES string of the molecule is CN(CCCNC(=O)c1ccc(CSc2ccccc2)cc1)c1ccccc1. The second-order valence-corrected chi connectivity index (χ2v) is 7.71. The number of rotatable bonds is 9. The topological polar surface area (TPSA) is 32.3 Å². The lowest BCUT2D eigenvalue weighted by molar-refractivity contribution is 0.0953. The number of hydrogen-bond acceptors (Lipinski definition) is 3. The van der Waals surface area contributed by atoms with E-state index in [2.05, 4.69) is 41.5 Å². The zero-order chi connectivity index (χ0) is 19.6. The molecule has 0 fully saturated rings. The Morgan fingerprint density at radius 2 is 1.54 bits per heavy atom. The first-order valence-corrected chi connectivity index (χ1v) is 10.5. The van der Waals surface area contributed by atoms with E-state index in [1.807, 2.05) is 60.7 Å².